The number of nitrogen functional groups attached to an aromatic ring is 1. The van der Waals surface area contributed by atoms with Crippen LogP contribution in [0.4, 0.5) is 11.8 Å². The monoisotopic (exact) mass is 220 g/mol. The molecule has 0 spiro atoms. The highest BCUT2D eigenvalue weighted by molar-refractivity contribution is 5.38. The van der Waals surface area contributed by atoms with Gasteiger partial charge in [-0.1, -0.05) is 26.2 Å². The van der Waals surface area contributed by atoms with Gasteiger partial charge in [0.25, 0.3) is 0 Å². The Kier molecular flexibility index (Phi) is 3.59. The summed E-state index contributed by atoms with van der Waals surface area (Å²) < 4.78 is 0. The third kappa shape index (κ3) is 2.84. The maximum Gasteiger partial charge on any atom is 0.221 e. The van der Waals surface area contributed by atoms with Crippen molar-refractivity contribution < 1.29 is 0 Å². The number of nitrogens with one attached hydrogen (secondary N) is 1. The van der Waals surface area contributed by atoms with Crippen LogP contribution in [0.25, 0.3) is 0 Å². The predicted molar refractivity (Wildman–Crippen MR) is 66.1 cm³/mol. The average molecular weight is 220 g/mol. The summed E-state index contributed by atoms with van der Waals surface area (Å²) in [6.07, 6.45) is 8.16. The Balaban J connectivity index is 1.94. The molecule has 0 radical (unpaired) electrons. The minimum atomic E-state index is 0.341. The molecule has 1 aromatic heterocycles. The molecule has 2 rings (SSSR count). The third-order valence-corrected chi connectivity index (χ3v) is 3.39. The molecule has 88 valence electrons. The van der Waals surface area contributed by atoms with E-state index in [1.54, 1.807) is 6.20 Å². The molecule has 1 aromatic rings. The van der Waals surface area contributed by atoms with Gasteiger partial charge in [0.1, 0.15) is 5.82 Å². The van der Waals surface area contributed by atoms with E-state index in [4.69, 9.17) is 5.73 Å². The maximum absolute atomic E-state index is 5.55. The average Bonchev–Trinajstić information content (AvgIpc) is 2.29. The summed E-state index contributed by atoms with van der Waals surface area (Å²) in [4.78, 5) is 8.06. The minimum absolute atomic E-state index is 0.341. The molecule has 0 amide bonds. The number of nitrogens with zero attached hydrogens (tertiary/aromatic N) is 2. The molecule has 0 saturated heterocycles. The quantitative estimate of drug-likeness (QED) is 0.821. The number of nitrogens with two attached hydrogens (primary N) is 1. The summed E-state index contributed by atoms with van der Waals surface area (Å²) in [5.41, 5.74) is 5.55. The van der Waals surface area contributed by atoms with Crippen LogP contribution in [-0.2, 0) is 0 Å². The van der Waals surface area contributed by atoms with Gasteiger partial charge in [-0.15, -0.1) is 0 Å². The highest BCUT2D eigenvalue weighted by atomic mass is 15.1. The molecule has 1 saturated carbocycles. The first-order valence-electron chi connectivity index (χ1n) is 6.13. The zero-order valence-electron chi connectivity index (χ0n) is 9.82. The molecule has 16 heavy (non-hydrogen) atoms. The van der Waals surface area contributed by atoms with E-state index in [1.807, 2.05) is 6.07 Å². The summed E-state index contributed by atoms with van der Waals surface area (Å²) >= 11 is 0. The van der Waals surface area contributed by atoms with Gasteiger partial charge in [0.15, 0.2) is 0 Å². The standard InChI is InChI=1S/C12H20N4/c1-2-9-4-3-5-10(8-9)15-11-6-7-14-12(13)16-11/h6-7,9-10H,2-5,8H2,1H3,(H3,13,14,15,16). The van der Waals surface area contributed by atoms with Crippen LogP contribution in [0.1, 0.15) is 39.0 Å². The Bertz CT molecular complexity index is 340. The normalized spacial score (nSPS) is 25.3. The highest BCUT2D eigenvalue weighted by Gasteiger charge is 2.20. The van der Waals surface area contributed by atoms with Gasteiger partial charge in [0.05, 0.1) is 0 Å². The van der Waals surface area contributed by atoms with Crippen LogP contribution in [0, 0.1) is 5.92 Å². The van der Waals surface area contributed by atoms with Crippen LogP contribution in [0.2, 0.25) is 0 Å². The molecule has 2 atom stereocenters. The molecule has 0 aromatic carbocycles. The van der Waals surface area contributed by atoms with Crippen LogP contribution in [0.3, 0.4) is 0 Å². The number of hydrogen-bond donors (Lipinski definition) is 2. The lowest BCUT2D eigenvalue weighted by Crippen LogP contribution is -2.27. The molecule has 4 heteroatoms. The number of hydrogen-bond acceptors (Lipinski definition) is 4. The molecule has 1 aliphatic carbocycles. The molecule has 0 aliphatic heterocycles. The van der Waals surface area contributed by atoms with Gasteiger partial charge in [-0.25, -0.2) is 4.98 Å². The lowest BCUT2D eigenvalue weighted by atomic mass is 9.84. The summed E-state index contributed by atoms with van der Waals surface area (Å²) in [7, 11) is 0. The summed E-state index contributed by atoms with van der Waals surface area (Å²) in [5, 5.41) is 3.45. The van der Waals surface area contributed by atoms with E-state index in [2.05, 4.69) is 22.2 Å². The van der Waals surface area contributed by atoms with Crippen molar-refractivity contribution in [3.05, 3.63) is 12.3 Å². The SMILES string of the molecule is CCC1CCCC(Nc2ccnc(N)n2)C1. The fraction of sp³-hybridized carbons (Fsp3) is 0.667. The Morgan fingerprint density at radius 2 is 2.38 bits per heavy atom. The van der Waals surface area contributed by atoms with Crippen molar-refractivity contribution in [3.8, 4) is 0 Å². The lowest BCUT2D eigenvalue weighted by Gasteiger charge is -2.29. The maximum atomic E-state index is 5.55. The van der Waals surface area contributed by atoms with Crippen LogP contribution in [0.15, 0.2) is 12.3 Å². The Hall–Kier alpha value is -1.32. The van der Waals surface area contributed by atoms with Gasteiger partial charge in [0.2, 0.25) is 5.95 Å². The van der Waals surface area contributed by atoms with Gasteiger partial charge >= 0.3 is 0 Å². The fourth-order valence-corrected chi connectivity index (χ4v) is 2.46. The van der Waals surface area contributed by atoms with Crippen molar-refractivity contribution in [2.75, 3.05) is 11.1 Å². The molecule has 3 N–H and O–H groups in total. The summed E-state index contributed by atoms with van der Waals surface area (Å²) in [6.45, 7) is 2.27. The van der Waals surface area contributed by atoms with Crippen LogP contribution >= 0.6 is 0 Å². The van der Waals surface area contributed by atoms with Gasteiger partial charge in [-0.05, 0) is 24.8 Å². The van der Waals surface area contributed by atoms with Crippen LogP contribution in [-0.4, -0.2) is 16.0 Å². The van der Waals surface area contributed by atoms with Crippen molar-refractivity contribution >= 4 is 11.8 Å². The summed E-state index contributed by atoms with van der Waals surface area (Å²) in [6, 6.07) is 2.43. The molecule has 0 bridgehead atoms. The lowest BCUT2D eigenvalue weighted by molar-refractivity contribution is 0.327. The molecular weight excluding hydrogens is 200 g/mol. The molecule has 1 aliphatic rings. The first kappa shape index (κ1) is 11.2. The van der Waals surface area contributed by atoms with Gasteiger partial charge in [0, 0.05) is 12.2 Å². The van der Waals surface area contributed by atoms with E-state index in [9.17, 15) is 0 Å². The van der Waals surface area contributed by atoms with Crippen molar-refractivity contribution in [1.82, 2.24) is 9.97 Å². The van der Waals surface area contributed by atoms with Crippen molar-refractivity contribution in [1.29, 1.82) is 0 Å². The van der Waals surface area contributed by atoms with E-state index in [-0.39, 0.29) is 0 Å². The van der Waals surface area contributed by atoms with Gasteiger partial charge in [-0.2, -0.15) is 4.98 Å². The molecule has 1 heterocycles. The smallest absolute Gasteiger partial charge is 0.221 e. The number of aromatic nitrogens is 2. The molecular formula is C12H20N4. The number of rotatable bonds is 3. The predicted octanol–water partition coefficient (Wildman–Crippen LogP) is 2.44. The zero-order valence-corrected chi connectivity index (χ0v) is 9.82. The molecule has 2 unspecified atom stereocenters. The largest absolute Gasteiger partial charge is 0.368 e. The van der Waals surface area contributed by atoms with Gasteiger partial charge in [-0.3, -0.25) is 0 Å². The van der Waals surface area contributed by atoms with E-state index in [0.29, 0.717) is 12.0 Å². The van der Waals surface area contributed by atoms with E-state index in [1.165, 1.54) is 32.1 Å². The second-order valence-electron chi connectivity index (χ2n) is 4.58. The van der Waals surface area contributed by atoms with Crippen molar-refractivity contribution in [3.63, 3.8) is 0 Å². The zero-order chi connectivity index (χ0) is 11.4. The Labute approximate surface area is 96.7 Å². The van der Waals surface area contributed by atoms with Crippen LogP contribution in [0.5, 0.6) is 0 Å². The number of anilines is 2. The second-order valence-corrected chi connectivity index (χ2v) is 4.58. The fourth-order valence-electron chi connectivity index (χ4n) is 2.46. The van der Waals surface area contributed by atoms with Gasteiger partial charge < -0.3 is 11.1 Å². The second kappa shape index (κ2) is 5.14. The first-order valence-corrected chi connectivity index (χ1v) is 6.13. The molecule has 4 nitrogen and oxygen atoms in total. The highest BCUT2D eigenvalue weighted by Crippen LogP contribution is 2.28. The Morgan fingerprint density at radius 1 is 1.50 bits per heavy atom. The van der Waals surface area contributed by atoms with E-state index < -0.39 is 0 Å². The summed E-state index contributed by atoms with van der Waals surface area (Å²) in [5.74, 6) is 2.06. The van der Waals surface area contributed by atoms with Crippen molar-refractivity contribution in [2.24, 2.45) is 5.92 Å². The van der Waals surface area contributed by atoms with E-state index in [0.717, 1.165) is 11.7 Å². The van der Waals surface area contributed by atoms with E-state index >= 15 is 0 Å². The Morgan fingerprint density at radius 3 is 3.12 bits per heavy atom. The minimum Gasteiger partial charge on any atom is -0.368 e. The topological polar surface area (TPSA) is 63.8 Å². The van der Waals surface area contributed by atoms with Crippen LogP contribution < -0.4 is 11.1 Å². The first-order chi connectivity index (χ1) is 7.78. The van der Waals surface area contributed by atoms with Crippen molar-refractivity contribution in [2.45, 2.75) is 45.1 Å². The third-order valence-electron chi connectivity index (χ3n) is 3.39. The molecule has 1 fully saturated rings.